The van der Waals surface area contributed by atoms with Gasteiger partial charge in [0.1, 0.15) is 5.75 Å². The van der Waals surface area contributed by atoms with E-state index < -0.39 is 0 Å². The number of carbonyl (C=O) groups is 2. The zero-order valence-corrected chi connectivity index (χ0v) is 20.3. The summed E-state index contributed by atoms with van der Waals surface area (Å²) in [6.07, 6.45) is 2.75. The fourth-order valence-corrected chi connectivity index (χ4v) is 3.93. The van der Waals surface area contributed by atoms with Gasteiger partial charge in [0.25, 0.3) is 0 Å². The van der Waals surface area contributed by atoms with E-state index in [4.69, 9.17) is 4.74 Å². The summed E-state index contributed by atoms with van der Waals surface area (Å²) in [7, 11) is 1.64. The largest absolute Gasteiger partial charge is 0.497 e. The lowest BCUT2D eigenvalue weighted by Crippen LogP contribution is -2.47. The predicted molar refractivity (Wildman–Crippen MR) is 132 cm³/mol. The smallest absolute Gasteiger partial charge is 0.242 e. The van der Waals surface area contributed by atoms with Crippen molar-refractivity contribution in [2.24, 2.45) is 5.92 Å². The van der Waals surface area contributed by atoms with Crippen molar-refractivity contribution < 1.29 is 14.3 Å². The van der Waals surface area contributed by atoms with E-state index in [0.29, 0.717) is 13.1 Å². The third-order valence-corrected chi connectivity index (χ3v) is 5.92. The minimum atomic E-state index is -0.151. The summed E-state index contributed by atoms with van der Waals surface area (Å²) in [5, 5.41) is 1.17. The lowest BCUT2D eigenvalue weighted by molar-refractivity contribution is -0.144. The van der Waals surface area contributed by atoms with Crippen LogP contribution in [0.5, 0.6) is 5.75 Å². The van der Waals surface area contributed by atoms with Crippen molar-refractivity contribution >= 4 is 22.7 Å². The second-order valence-electron chi connectivity index (χ2n) is 8.99. The van der Waals surface area contributed by atoms with E-state index in [0.717, 1.165) is 23.3 Å². The molecule has 6 nitrogen and oxygen atoms in total. The Kier molecular flexibility index (Phi) is 8.15. The van der Waals surface area contributed by atoms with Crippen molar-refractivity contribution in [1.29, 1.82) is 0 Å². The van der Waals surface area contributed by atoms with Crippen LogP contribution in [0.4, 0.5) is 0 Å². The fraction of sp³-hybridized carbons (Fsp3) is 0.407. The highest BCUT2D eigenvalue weighted by Crippen LogP contribution is 2.20. The number of carbonyl (C=O) groups excluding carboxylic acids is 2. The zero-order valence-electron chi connectivity index (χ0n) is 20.3. The molecule has 3 rings (SSSR count). The van der Waals surface area contributed by atoms with Crippen LogP contribution in [0.1, 0.15) is 38.8 Å². The summed E-state index contributed by atoms with van der Waals surface area (Å²) in [5.41, 5.74) is 3.29. The van der Waals surface area contributed by atoms with E-state index in [2.05, 4.69) is 17.1 Å². The number of methoxy groups -OCH3 is 1. The molecule has 2 aromatic carbocycles. The average molecular weight is 450 g/mol. The molecule has 176 valence electrons. The molecule has 0 radical (unpaired) electrons. The van der Waals surface area contributed by atoms with Crippen molar-refractivity contribution in [1.82, 2.24) is 14.8 Å². The van der Waals surface area contributed by atoms with Crippen molar-refractivity contribution in [3.8, 4) is 5.75 Å². The highest BCUT2D eigenvalue weighted by Gasteiger charge is 2.25. The number of hydrogen-bond donors (Lipinski definition) is 1. The predicted octanol–water partition coefficient (Wildman–Crippen LogP) is 4.64. The number of rotatable bonds is 10. The summed E-state index contributed by atoms with van der Waals surface area (Å²) in [5.74, 6) is 0.582. The van der Waals surface area contributed by atoms with E-state index >= 15 is 0 Å². The van der Waals surface area contributed by atoms with Gasteiger partial charge in [0.05, 0.1) is 13.7 Å². The van der Waals surface area contributed by atoms with Gasteiger partial charge in [-0.2, -0.15) is 0 Å². The molecule has 33 heavy (non-hydrogen) atoms. The van der Waals surface area contributed by atoms with E-state index in [9.17, 15) is 9.59 Å². The van der Waals surface area contributed by atoms with Crippen molar-refractivity contribution in [3.05, 3.63) is 65.9 Å². The standard InChI is InChI=1S/C27H35N3O3/c1-19(2)27(32)30(20(3)4)18-26(31)29(17-21-10-12-23(33-5)13-11-21)15-14-22-16-28-25-9-7-6-8-24(22)25/h6-13,16,19-20,28H,14-15,17-18H2,1-5H3. The molecule has 0 bridgehead atoms. The number of benzene rings is 2. The Morgan fingerprint density at radius 3 is 2.33 bits per heavy atom. The van der Waals surface area contributed by atoms with Crippen LogP contribution in [0.3, 0.4) is 0 Å². The van der Waals surface area contributed by atoms with Gasteiger partial charge in [-0.3, -0.25) is 9.59 Å². The first-order valence-electron chi connectivity index (χ1n) is 11.6. The molecule has 0 atom stereocenters. The topological polar surface area (TPSA) is 65.6 Å². The number of amides is 2. The van der Waals surface area contributed by atoms with Gasteiger partial charge < -0.3 is 19.5 Å². The Bertz CT molecular complexity index is 1070. The first-order valence-corrected chi connectivity index (χ1v) is 11.6. The zero-order chi connectivity index (χ0) is 24.0. The number of aromatic amines is 1. The molecule has 1 N–H and O–H groups in total. The normalized spacial score (nSPS) is 11.2. The number of nitrogens with one attached hydrogen (secondary N) is 1. The average Bonchev–Trinajstić information content (AvgIpc) is 3.22. The molecule has 0 saturated heterocycles. The summed E-state index contributed by atoms with van der Waals surface area (Å²) in [6, 6.07) is 15.9. The van der Waals surface area contributed by atoms with Crippen LogP contribution in [0.2, 0.25) is 0 Å². The molecular weight excluding hydrogens is 414 g/mol. The maximum absolute atomic E-state index is 13.4. The molecule has 0 saturated carbocycles. The highest BCUT2D eigenvalue weighted by atomic mass is 16.5. The number of aromatic nitrogens is 1. The van der Waals surface area contributed by atoms with E-state index in [1.54, 1.807) is 12.0 Å². The third-order valence-electron chi connectivity index (χ3n) is 5.92. The summed E-state index contributed by atoms with van der Waals surface area (Å²) < 4.78 is 5.26. The number of ether oxygens (including phenoxy) is 1. The summed E-state index contributed by atoms with van der Waals surface area (Å²) in [4.78, 5) is 33.0. The Balaban J connectivity index is 1.80. The van der Waals surface area contributed by atoms with Crippen molar-refractivity contribution in [2.75, 3.05) is 20.2 Å². The van der Waals surface area contributed by atoms with Crippen LogP contribution in [0.15, 0.2) is 54.7 Å². The fourth-order valence-electron chi connectivity index (χ4n) is 3.93. The van der Waals surface area contributed by atoms with E-state index in [1.807, 2.05) is 75.2 Å². The molecule has 0 aliphatic carbocycles. The maximum atomic E-state index is 13.4. The van der Waals surface area contributed by atoms with Crippen LogP contribution in [0, 0.1) is 5.92 Å². The number of fused-ring (bicyclic) bond motifs is 1. The van der Waals surface area contributed by atoms with Crippen LogP contribution in [0.25, 0.3) is 10.9 Å². The monoisotopic (exact) mass is 449 g/mol. The van der Waals surface area contributed by atoms with Gasteiger partial charge >= 0.3 is 0 Å². The van der Waals surface area contributed by atoms with Gasteiger partial charge in [0.15, 0.2) is 0 Å². The quantitative estimate of drug-likeness (QED) is 0.490. The Morgan fingerprint density at radius 1 is 1.00 bits per heavy atom. The van der Waals surface area contributed by atoms with E-state index in [1.165, 1.54) is 10.9 Å². The molecule has 0 fully saturated rings. The molecule has 2 amide bonds. The summed E-state index contributed by atoms with van der Waals surface area (Å²) in [6.45, 7) is 8.77. The molecule has 0 aliphatic heterocycles. The minimum Gasteiger partial charge on any atom is -0.497 e. The Labute approximate surface area is 196 Å². The molecule has 0 spiro atoms. The van der Waals surface area contributed by atoms with Crippen LogP contribution < -0.4 is 4.74 Å². The molecular formula is C27H35N3O3. The second-order valence-corrected chi connectivity index (χ2v) is 8.99. The van der Waals surface area contributed by atoms with Crippen LogP contribution in [-0.2, 0) is 22.6 Å². The molecule has 6 heteroatoms. The number of para-hydroxylation sites is 1. The highest BCUT2D eigenvalue weighted by molar-refractivity contribution is 5.86. The summed E-state index contributed by atoms with van der Waals surface area (Å²) >= 11 is 0. The SMILES string of the molecule is COc1ccc(CN(CCc2c[nH]c3ccccc23)C(=O)CN(C(=O)C(C)C)C(C)C)cc1. The van der Waals surface area contributed by atoms with Gasteiger partial charge in [-0.05, 0) is 49.6 Å². The van der Waals surface area contributed by atoms with Gasteiger partial charge in [-0.25, -0.2) is 0 Å². The lowest BCUT2D eigenvalue weighted by atomic mass is 10.1. The first kappa shape index (κ1) is 24.4. The van der Waals surface area contributed by atoms with Crippen molar-refractivity contribution in [2.45, 2.75) is 46.7 Å². The number of H-pyrrole nitrogens is 1. The molecule has 3 aromatic rings. The Hall–Kier alpha value is -3.28. The minimum absolute atomic E-state index is 0.000578. The molecule has 1 heterocycles. The molecule has 0 aliphatic rings. The third kappa shape index (κ3) is 6.15. The van der Waals surface area contributed by atoms with Gasteiger partial charge in [0.2, 0.25) is 11.8 Å². The molecule has 0 unspecified atom stereocenters. The number of nitrogens with zero attached hydrogens (tertiary/aromatic N) is 2. The lowest BCUT2D eigenvalue weighted by Gasteiger charge is -2.31. The van der Waals surface area contributed by atoms with Crippen molar-refractivity contribution in [3.63, 3.8) is 0 Å². The maximum Gasteiger partial charge on any atom is 0.242 e. The van der Waals surface area contributed by atoms with Gasteiger partial charge in [-0.1, -0.05) is 44.2 Å². The molecule has 1 aromatic heterocycles. The van der Waals surface area contributed by atoms with Crippen LogP contribution >= 0.6 is 0 Å². The Morgan fingerprint density at radius 2 is 1.70 bits per heavy atom. The second kappa shape index (κ2) is 11.0. The number of hydrogen-bond acceptors (Lipinski definition) is 3. The van der Waals surface area contributed by atoms with Crippen LogP contribution in [-0.4, -0.2) is 52.8 Å². The van der Waals surface area contributed by atoms with E-state index in [-0.39, 0.29) is 30.3 Å². The van der Waals surface area contributed by atoms with Gasteiger partial charge in [0, 0.05) is 42.1 Å². The first-order chi connectivity index (χ1) is 15.8. The van der Waals surface area contributed by atoms with Gasteiger partial charge in [-0.15, -0.1) is 0 Å².